The minimum Gasteiger partial charge on any atom is -0.330 e. The van der Waals surface area contributed by atoms with Crippen LogP contribution in [0, 0.1) is 5.92 Å². The zero-order valence-electron chi connectivity index (χ0n) is 8.71. The van der Waals surface area contributed by atoms with Gasteiger partial charge in [-0.2, -0.15) is 0 Å². The number of hydrogen-bond acceptors (Lipinski definition) is 3. The van der Waals surface area contributed by atoms with Crippen LogP contribution in [-0.4, -0.2) is 12.6 Å². The first-order chi connectivity index (χ1) is 7.29. The fourth-order valence-electron chi connectivity index (χ4n) is 2.27. The van der Waals surface area contributed by atoms with E-state index < -0.39 is 0 Å². The maximum absolute atomic E-state index is 5.75. The SMILES string of the molecule is NCC1CCCC1NCc1cc(Br)cs1. The van der Waals surface area contributed by atoms with Gasteiger partial charge in [-0.3, -0.25) is 0 Å². The van der Waals surface area contributed by atoms with Gasteiger partial charge in [0, 0.05) is 27.3 Å². The summed E-state index contributed by atoms with van der Waals surface area (Å²) >= 11 is 5.27. The summed E-state index contributed by atoms with van der Waals surface area (Å²) in [5.41, 5.74) is 5.75. The Kier molecular flexibility index (Phi) is 4.20. The molecule has 1 aliphatic rings. The van der Waals surface area contributed by atoms with E-state index in [-0.39, 0.29) is 0 Å². The van der Waals surface area contributed by atoms with Gasteiger partial charge in [0.05, 0.1) is 0 Å². The molecule has 2 unspecified atom stereocenters. The Bertz CT molecular complexity index is 313. The van der Waals surface area contributed by atoms with Crippen molar-refractivity contribution in [2.75, 3.05) is 6.54 Å². The normalized spacial score (nSPS) is 26.0. The minimum absolute atomic E-state index is 0.635. The molecular weight excluding hydrogens is 272 g/mol. The van der Waals surface area contributed by atoms with E-state index in [0.717, 1.165) is 13.1 Å². The molecule has 1 saturated carbocycles. The van der Waals surface area contributed by atoms with Crippen LogP contribution in [0.4, 0.5) is 0 Å². The molecule has 0 amide bonds. The van der Waals surface area contributed by atoms with Crippen molar-refractivity contribution in [3.63, 3.8) is 0 Å². The van der Waals surface area contributed by atoms with Crippen LogP contribution in [-0.2, 0) is 6.54 Å². The molecule has 84 valence electrons. The molecular formula is C11H17BrN2S. The third-order valence-electron chi connectivity index (χ3n) is 3.12. The number of rotatable bonds is 4. The van der Waals surface area contributed by atoms with Crippen molar-refractivity contribution in [3.05, 3.63) is 20.8 Å². The summed E-state index contributed by atoms with van der Waals surface area (Å²) in [5.74, 6) is 0.688. The largest absolute Gasteiger partial charge is 0.330 e. The van der Waals surface area contributed by atoms with Gasteiger partial charge in [-0.1, -0.05) is 6.42 Å². The zero-order chi connectivity index (χ0) is 10.7. The molecule has 0 aromatic carbocycles. The van der Waals surface area contributed by atoms with Crippen molar-refractivity contribution in [3.8, 4) is 0 Å². The van der Waals surface area contributed by atoms with Gasteiger partial charge >= 0.3 is 0 Å². The molecule has 3 N–H and O–H groups in total. The summed E-state index contributed by atoms with van der Waals surface area (Å²) in [6.45, 7) is 1.81. The van der Waals surface area contributed by atoms with Gasteiger partial charge in [0.2, 0.25) is 0 Å². The maximum Gasteiger partial charge on any atom is 0.0302 e. The van der Waals surface area contributed by atoms with Gasteiger partial charge in [-0.15, -0.1) is 11.3 Å². The zero-order valence-corrected chi connectivity index (χ0v) is 11.1. The maximum atomic E-state index is 5.75. The number of nitrogens with one attached hydrogen (secondary N) is 1. The van der Waals surface area contributed by atoms with E-state index in [2.05, 4.69) is 32.7 Å². The van der Waals surface area contributed by atoms with Gasteiger partial charge < -0.3 is 11.1 Å². The number of halogens is 1. The van der Waals surface area contributed by atoms with Crippen LogP contribution in [0.15, 0.2) is 15.9 Å². The Morgan fingerprint density at radius 2 is 2.40 bits per heavy atom. The van der Waals surface area contributed by atoms with E-state index >= 15 is 0 Å². The lowest BCUT2D eigenvalue weighted by atomic mass is 10.0. The second-order valence-corrected chi connectivity index (χ2v) is 6.06. The molecule has 1 aliphatic carbocycles. The predicted octanol–water partition coefficient (Wildman–Crippen LogP) is 2.73. The summed E-state index contributed by atoms with van der Waals surface area (Å²) in [7, 11) is 0. The van der Waals surface area contributed by atoms with Crippen LogP contribution < -0.4 is 11.1 Å². The molecule has 2 atom stereocenters. The van der Waals surface area contributed by atoms with Gasteiger partial charge in [-0.05, 0) is 47.3 Å². The van der Waals surface area contributed by atoms with E-state index in [1.807, 2.05) is 0 Å². The van der Waals surface area contributed by atoms with Crippen LogP contribution in [0.3, 0.4) is 0 Å². The van der Waals surface area contributed by atoms with Crippen molar-refractivity contribution in [2.45, 2.75) is 31.8 Å². The van der Waals surface area contributed by atoms with Crippen LogP contribution in [0.25, 0.3) is 0 Å². The van der Waals surface area contributed by atoms with Crippen LogP contribution in [0.5, 0.6) is 0 Å². The van der Waals surface area contributed by atoms with E-state index in [0.29, 0.717) is 12.0 Å². The topological polar surface area (TPSA) is 38.0 Å². The summed E-state index contributed by atoms with van der Waals surface area (Å²) in [6.07, 6.45) is 3.91. The van der Waals surface area contributed by atoms with Crippen molar-refractivity contribution < 1.29 is 0 Å². The fraction of sp³-hybridized carbons (Fsp3) is 0.636. The van der Waals surface area contributed by atoms with E-state index in [9.17, 15) is 0 Å². The highest BCUT2D eigenvalue weighted by molar-refractivity contribution is 9.10. The summed E-state index contributed by atoms with van der Waals surface area (Å²) in [4.78, 5) is 1.39. The quantitative estimate of drug-likeness (QED) is 0.894. The molecule has 0 aliphatic heterocycles. The lowest BCUT2D eigenvalue weighted by Gasteiger charge is -2.18. The lowest BCUT2D eigenvalue weighted by molar-refractivity contribution is 0.407. The van der Waals surface area contributed by atoms with Crippen LogP contribution in [0.2, 0.25) is 0 Å². The molecule has 1 fully saturated rings. The van der Waals surface area contributed by atoms with E-state index in [1.54, 1.807) is 11.3 Å². The lowest BCUT2D eigenvalue weighted by Crippen LogP contribution is -2.35. The van der Waals surface area contributed by atoms with Gasteiger partial charge in [0.15, 0.2) is 0 Å². The number of thiophene rings is 1. The van der Waals surface area contributed by atoms with Crippen molar-refractivity contribution >= 4 is 27.3 Å². The first kappa shape index (κ1) is 11.6. The Morgan fingerprint density at radius 1 is 1.53 bits per heavy atom. The average Bonchev–Trinajstić information content (AvgIpc) is 2.83. The minimum atomic E-state index is 0.635. The number of hydrogen-bond donors (Lipinski definition) is 2. The Balaban J connectivity index is 1.82. The summed E-state index contributed by atoms with van der Waals surface area (Å²) in [5, 5.41) is 5.75. The molecule has 4 heteroatoms. The first-order valence-corrected chi connectivity index (χ1v) is 7.13. The predicted molar refractivity (Wildman–Crippen MR) is 69.0 cm³/mol. The van der Waals surface area contributed by atoms with Gasteiger partial charge in [0.25, 0.3) is 0 Å². The fourth-order valence-corrected chi connectivity index (χ4v) is 3.67. The molecule has 2 rings (SSSR count). The van der Waals surface area contributed by atoms with Crippen LogP contribution >= 0.6 is 27.3 Å². The molecule has 0 saturated heterocycles. The second-order valence-electron chi connectivity index (χ2n) is 4.15. The number of nitrogens with two attached hydrogens (primary N) is 1. The smallest absolute Gasteiger partial charge is 0.0302 e. The Morgan fingerprint density at radius 3 is 3.07 bits per heavy atom. The second kappa shape index (κ2) is 5.43. The molecule has 15 heavy (non-hydrogen) atoms. The molecule has 1 aromatic heterocycles. The average molecular weight is 289 g/mol. The van der Waals surface area contributed by atoms with Crippen molar-refractivity contribution in [1.29, 1.82) is 0 Å². The Labute approximate surface area is 103 Å². The molecule has 0 bridgehead atoms. The highest BCUT2D eigenvalue weighted by Crippen LogP contribution is 2.26. The van der Waals surface area contributed by atoms with E-state index in [1.165, 1.54) is 28.6 Å². The first-order valence-electron chi connectivity index (χ1n) is 5.46. The molecule has 2 nitrogen and oxygen atoms in total. The molecule has 0 radical (unpaired) electrons. The standard InChI is InChI=1S/C11H17BrN2S/c12-9-4-10(15-7-9)6-14-11-3-1-2-8(11)5-13/h4,7-8,11,14H,1-3,5-6,13H2. The van der Waals surface area contributed by atoms with Crippen LogP contribution in [0.1, 0.15) is 24.1 Å². The molecule has 0 spiro atoms. The monoisotopic (exact) mass is 288 g/mol. The highest BCUT2D eigenvalue weighted by Gasteiger charge is 2.25. The Hall–Kier alpha value is 0.1000. The third kappa shape index (κ3) is 3.03. The molecule has 1 heterocycles. The summed E-state index contributed by atoms with van der Waals surface area (Å²) < 4.78 is 1.19. The highest BCUT2D eigenvalue weighted by atomic mass is 79.9. The van der Waals surface area contributed by atoms with Gasteiger partial charge in [-0.25, -0.2) is 0 Å². The molecule has 1 aromatic rings. The van der Waals surface area contributed by atoms with Crippen molar-refractivity contribution in [2.24, 2.45) is 11.7 Å². The van der Waals surface area contributed by atoms with E-state index in [4.69, 9.17) is 5.73 Å². The van der Waals surface area contributed by atoms with Crippen molar-refractivity contribution in [1.82, 2.24) is 5.32 Å². The summed E-state index contributed by atoms with van der Waals surface area (Å²) in [6, 6.07) is 2.82. The third-order valence-corrected chi connectivity index (χ3v) is 4.82. The van der Waals surface area contributed by atoms with Gasteiger partial charge in [0.1, 0.15) is 0 Å².